The largest absolute Gasteiger partial charge is 0.392 e. The zero-order valence-corrected chi connectivity index (χ0v) is 10.6. The molecule has 0 aliphatic heterocycles. The van der Waals surface area contributed by atoms with Crippen LogP contribution in [0.25, 0.3) is 0 Å². The van der Waals surface area contributed by atoms with E-state index in [9.17, 15) is 5.11 Å². The van der Waals surface area contributed by atoms with E-state index in [2.05, 4.69) is 24.3 Å². The Morgan fingerprint density at radius 1 is 1.38 bits per heavy atom. The van der Waals surface area contributed by atoms with Crippen molar-refractivity contribution in [2.75, 3.05) is 6.54 Å². The van der Waals surface area contributed by atoms with E-state index in [0.29, 0.717) is 19.0 Å². The third-order valence-corrected chi connectivity index (χ3v) is 2.61. The molecule has 0 spiro atoms. The number of nitrogens with zero attached hydrogens (tertiary/aromatic N) is 1. The molecule has 1 atom stereocenters. The number of hydrogen-bond donors (Lipinski definition) is 2. The lowest BCUT2D eigenvalue weighted by Gasteiger charge is -2.13. The zero-order valence-electron chi connectivity index (χ0n) is 10.6. The molecule has 4 nitrogen and oxygen atoms in total. The molecule has 0 aromatic carbocycles. The number of nitrogens with one attached hydrogen (secondary N) is 1. The minimum Gasteiger partial charge on any atom is -0.392 e. The van der Waals surface area contributed by atoms with Gasteiger partial charge in [0.2, 0.25) is 0 Å². The van der Waals surface area contributed by atoms with Gasteiger partial charge < -0.3 is 14.9 Å². The fraction of sp³-hybridized carbons (Fsp3) is 0.750. The van der Waals surface area contributed by atoms with Crippen molar-refractivity contribution in [3.63, 3.8) is 0 Å². The van der Waals surface area contributed by atoms with Crippen molar-refractivity contribution in [3.05, 3.63) is 17.0 Å². The highest BCUT2D eigenvalue weighted by atomic mass is 16.5. The number of hydrogen-bond acceptors (Lipinski definition) is 4. The van der Waals surface area contributed by atoms with E-state index in [4.69, 9.17) is 4.52 Å². The Morgan fingerprint density at radius 3 is 2.56 bits per heavy atom. The summed E-state index contributed by atoms with van der Waals surface area (Å²) >= 11 is 0. The number of aryl methyl sites for hydroxylation is 2. The predicted molar refractivity (Wildman–Crippen MR) is 63.1 cm³/mol. The average Bonchev–Trinajstić information content (AvgIpc) is 2.47. The monoisotopic (exact) mass is 226 g/mol. The first-order chi connectivity index (χ1) is 7.50. The smallest absolute Gasteiger partial charge is 0.138 e. The number of aliphatic hydroxyl groups excluding tert-OH is 1. The second-order valence-corrected chi connectivity index (χ2v) is 4.72. The van der Waals surface area contributed by atoms with E-state index in [0.717, 1.165) is 23.4 Å². The SMILES string of the molecule is Cc1noc(C)c1CNCC(O)CC(C)C. The van der Waals surface area contributed by atoms with E-state index in [1.165, 1.54) is 0 Å². The molecule has 1 aromatic rings. The van der Waals surface area contributed by atoms with Crippen LogP contribution in [0, 0.1) is 19.8 Å². The minimum atomic E-state index is -0.277. The van der Waals surface area contributed by atoms with E-state index >= 15 is 0 Å². The van der Waals surface area contributed by atoms with Crippen LogP contribution in [0.2, 0.25) is 0 Å². The van der Waals surface area contributed by atoms with Gasteiger partial charge in [-0.2, -0.15) is 0 Å². The van der Waals surface area contributed by atoms with Crippen molar-refractivity contribution in [3.8, 4) is 0 Å². The maximum atomic E-state index is 9.69. The highest BCUT2D eigenvalue weighted by Gasteiger charge is 2.10. The first kappa shape index (κ1) is 13.2. The Labute approximate surface area is 97.0 Å². The van der Waals surface area contributed by atoms with Crippen molar-refractivity contribution in [1.29, 1.82) is 0 Å². The maximum absolute atomic E-state index is 9.69. The van der Waals surface area contributed by atoms with Crippen LogP contribution in [0.4, 0.5) is 0 Å². The van der Waals surface area contributed by atoms with Gasteiger partial charge in [0.05, 0.1) is 11.8 Å². The maximum Gasteiger partial charge on any atom is 0.138 e. The first-order valence-electron chi connectivity index (χ1n) is 5.81. The molecule has 16 heavy (non-hydrogen) atoms. The first-order valence-corrected chi connectivity index (χ1v) is 5.81. The molecule has 1 aromatic heterocycles. The summed E-state index contributed by atoms with van der Waals surface area (Å²) in [7, 11) is 0. The molecule has 2 N–H and O–H groups in total. The van der Waals surface area contributed by atoms with Crippen LogP contribution < -0.4 is 5.32 Å². The van der Waals surface area contributed by atoms with Gasteiger partial charge in [-0.3, -0.25) is 0 Å². The van der Waals surface area contributed by atoms with Crippen molar-refractivity contribution >= 4 is 0 Å². The van der Waals surface area contributed by atoms with Crippen molar-refractivity contribution < 1.29 is 9.63 Å². The Bertz CT molecular complexity index is 301. The van der Waals surface area contributed by atoms with Crippen molar-refractivity contribution in [2.45, 2.75) is 46.8 Å². The molecule has 4 heteroatoms. The summed E-state index contributed by atoms with van der Waals surface area (Å²) in [6.45, 7) is 9.37. The van der Waals surface area contributed by atoms with Crippen LogP contribution in [-0.4, -0.2) is 22.9 Å². The summed E-state index contributed by atoms with van der Waals surface area (Å²) in [5.74, 6) is 1.37. The summed E-state index contributed by atoms with van der Waals surface area (Å²) in [6, 6.07) is 0. The lowest BCUT2D eigenvalue weighted by Crippen LogP contribution is -2.27. The third-order valence-electron chi connectivity index (χ3n) is 2.61. The molecule has 0 saturated heterocycles. The second-order valence-electron chi connectivity index (χ2n) is 4.72. The summed E-state index contributed by atoms with van der Waals surface area (Å²) in [5, 5.41) is 16.8. The lowest BCUT2D eigenvalue weighted by molar-refractivity contribution is 0.146. The molecule has 0 amide bonds. The molecule has 1 unspecified atom stereocenters. The summed E-state index contributed by atoms with van der Waals surface area (Å²) in [6.07, 6.45) is 0.551. The van der Waals surface area contributed by atoms with E-state index in [-0.39, 0.29) is 6.10 Å². The van der Waals surface area contributed by atoms with E-state index in [1.54, 1.807) is 0 Å². The van der Waals surface area contributed by atoms with Gasteiger partial charge in [-0.05, 0) is 26.2 Å². The van der Waals surface area contributed by atoms with Crippen LogP contribution in [0.15, 0.2) is 4.52 Å². The topological polar surface area (TPSA) is 58.3 Å². The van der Waals surface area contributed by atoms with Crippen molar-refractivity contribution in [2.24, 2.45) is 5.92 Å². The Balaban J connectivity index is 2.30. The van der Waals surface area contributed by atoms with Crippen LogP contribution in [0.5, 0.6) is 0 Å². The zero-order chi connectivity index (χ0) is 12.1. The van der Waals surface area contributed by atoms with Gasteiger partial charge in [0.25, 0.3) is 0 Å². The predicted octanol–water partition coefficient (Wildman–Crippen LogP) is 1.79. The number of rotatable bonds is 6. The van der Waals surface area contributed by atoms with Crippen LogP contribution >= 0.6 is 0 Å². The standard InChI is InChI=1S/C12H22N2O2/c1-8(2)5-11(15)6-13-7-12-9(3)14-16-10(12)4/h8,11,13,15H,5-7H2,1-4H3. The number of aliphatic hydroxyl groups is 1. The van der Waals surface area contributed by atoms with Gasteiger partial charge >= 0.3 is 0 Å². The molecule has 0 bridgehead atoms. The Hall–Kier alpha value is -0.870. The van der Waals surface area contributed by atoms with Crippen molar-refractivity contribution in [1.82, 2.24) is 10.5 Å². The summed E-state index contributed by atoms with van der Waals surface area (Å²) in [5.41, 5.74) is 2.01. The highest BCUT2D eigenvalue weighted by Crippen LogP contribution is 2.11. The highest BCUT2D eigenvalue weighted by molar-refractivity contribution is 5.20. The fourth-order valence-corrected chi connectivity index (χ4v) is 1.75. The molecule has 1 rings (SSSR count). The van der Waals surface area contributed by atoms with Gasteiger partial charge in [0, 0.05) is 18.7 Å². The molecule has 1 heterocycles. The molecule has 0 saturated carbocycles. The quantitative estimate of drug-likeness (QED) is 0.776. The molecule has 0 fully saturated rings. The van der Waals surface area contributed by atoms with Gasteiger partial charge in [0.1, 0.15) is 5.76 Å². The summed E-state index contributed by atoms with van der Waals surface area (Å²) in [4.78, 5) is 0. The molecule has 0 aliphatic rings. The fourth-order valence-electron chi connectivity index (χ4n) is 1.75. The molecule has 0 radical (unpaired) electrons. The van der Waals surface area contributed by atoms with Gasteiger partial charge in [-0.15, -0.1) is 0 Å². The molecule has 92 valence electrons. The second kappa shape index (κ2) is 6.01. The Kier molecular flexibility index (Phi) is 4.96. The van der Waals surface area contributed by atoms with Crippen LogP contribution in [-0.2, 0) is 6.54 Å². The van der Waals surface area contributed by atoms with Crippen LogP contribution in [0.3, 0.4) is 0 Å². The van der Waals surface area contributed by atoms with E-state index in [1.807, 2.05) is 13.8 Å². The molecular weight excluding hydrogens is 204 g/mol. The molecular formula is C12H22N2O2. The normalized spacial score (nSPS) is 13.4. The van der Waals surface area contributed by atoms with Gasteiger partial charge in [-0.25, -0.2) is 0 Å². The molecule has 0 aliphatic carbocycles. The van der Waals surface area contributed by atoms with Gasteiger partial charge in [0.15, 0.2) is 0 Å². The van der Waals surface area contributed by atoms with Crippen LogP contribution in [0.1, 0.15) is 37.3 Å². The average molecular weight is 226 g/mol. The third kappa shape index (κ3) is 3.94. The van der Waals surface area contributed by atoms with Gasteiger partial charge in [-0.1, -0.05) is 19.0 Å². The lowest BCUT2D eigenvalue weighted by atomic mass is 10.1. The number of aromatic nitrogens is 1. The minimum absolute atomic E-state index is 0.277. The Morgan fingerprint density at radius 2 is 2.06 bits per heavy atom. The van der Waals surface area contributed by atoms with E-state index < -0.39 is 0 Å². The summed E-state index contributed by atoms with van der Waals surface area (Å²) < 4.78 is 5.06.